The Balaban J connectivity index is 2.23. The molecule has 0 aliphatic rings. The summed E-state index contributed by atoms with van der Waals surface area (Å²) in [6, 6.07) is 8.06. The molecule has 0 saturated heterocycles. The van der Waals surface area contributed by atoms with E-state index in [0.29, 0.717) is 5.89 Å². The molecule has 0 saturated carbocycles. The van der Waals surface area contributed by atoms with Crippen molar-refractivity contribution in [3.63, 3.8) is 0 Å². The van der Waals surface area contributed by atoms with E-state index in [4.69, 9.17) is 4.42 Å². The van der Waals surface area contributed by atoms with Crippen molar-refractivity contribution in [1.82, 2.24) is 4.98 Å². The zero-order valence-corrected chi connectivity index (χ0v) is 8.95. The first-order valence-corrected chi connectivity index (χ1v) is 5.06. The van der Waals surface area contributed by atoms with Gasteiger partial charge in [-0.1, -0.05) is 0 Å². The summed E-state index contributed by atoms with van der Waals surface area (Å²) in [5.41, 5.74) is 3.02. The molecule has 1 aromatic carbocycles. The molecular weight excluding hydrogens is 188 g/mol. The SMILES string of the molecule is CCNc1ccc(-c2nc(C)co2)cc1. The maximum Gasteiger partial charge on any atom is 0.226 e. The Kier molecular flexibility index (Phi) is 2.72. The summed E-state index contributed by atoms with van der Waals surface area (Å²) in [7, 11) is 0. The van der Waals surface area contributed by atoms with E-state index in [-0.39, 0.29) is 0 Å². The molecule has 2 rings (SSSR count). The fraction of sp³-hybridized carbons (Fsp3) is 0.250. The highest BCUT2D eigenvalue weighted by Gasteiger charge is 2.03. The van der Waals surface area contributed by atoms with E-state index in [2.05, 4.69) is 17.2 Å². The number of nitrogens with one attached hydrogen (secondary N) is 1. The van der Waals surface area contributed by atoms with Crippen LogP contribution in [-0.2, 0) is 0 Å². The van der Waals surface area contributed by atoms with E-state index in [0.717, 1.165) is 23.5 Å². The number of nitrogens with zero attached hydrogens (tertiary/aromatic N) is 1. The van der Waals surface area contributed by atoms with Gasteiger partial charge in [0.05, 0.1) is 5.69 Å². The molecule has 2 aromatic rings. The van der Waals surface area contributed by atoms with Gasteiger partial charge in [0.25, 0.3) is 0 Å². The average Bonchev–Trinajstić information content (AvgIpc) is 2.67. The molecule has 3 heteroatoms. The molecule has 0 fully saturated rings. The van der Waals surface area contributed by atoms with E-state index >= 15 is 0 Å². The maximum absolute atomic E-state index is 5.32. The monoisotopic (exact) mass is 202 g/mol. The van der Waals surface area contributed by atoms with Gasteiger partial charge in [0.2, 0.25) is 5.89 Å². The Morgan fingerprint density at radius 3 is 2.53 bits per heavy atom. The van der Waals surface area contributed by atoms with Crippen LogP contribution in [0.3, 0.4) is 0 Å². The van der Waals surface area contributed by atoms with Crippen molar-refractivity contribution in [2.24, 2.45) is 0 Å². The molecule has 0 radical (unpaired) electrons. The highest BCUT2D eigenvalue weighted by atomic mass is 16.3. The molecule has 0 unspecified atom stereocenters. The number of rotatable bonds is 3. The highest BCUT2D eigenvalue weighted by Crippen LogP contribution is 2.20. The Morgan fingerprint density at radius 1 is 1.27 bits per heavy atom. The Labute approximate surface area is 89.1 Å². The van der Waals surface area contributed by atoms with E-state index in [1.165, 1.54) is 0 Å². The third kappa shape index (κ3) is 2.18. The predicted octanol–water partition coefficient (Wildman–Crippen LogP) is 3.08. The van der Waals surface area contributed by atoms with Gasteiger partial charge >= 0.3 is 0 Å². The first-order chi connectivity index (χ1) is 7.29. The van der Waals surface area contributed by atoms with Crippen LogP contribution >= 0.6 is 0 Å². The number of aromatic nitrogens is 1. The van der Waals surface area contributed by atoms with Crippen LogP contribution in [0.4, 0.5) is 5.69 Å². The molecule has 3 nitrogen and oxygen atoms in total. The molecule has 1 aromatic heterocycles. The lowest BCUT2D eigenvalue weighted by atomic mass is 10.2. The smallest absolute Gasteiger partial charge is 0.226 e. The topological polar surface area (TPSA) is 38.1 Å². The fourth-order valence-corrected chi connectivity index (χ4v) is 1.42. The summed E-state index contributed by atoms with van der Waals surface area (Å²) in [6.45, 7) is 4.92. The summed E-state index contributed by atoms with van der Waals surface area (Å²) in [5.74, 6) is 0.676. The number of oxazole rings is 1. The normalized spacial score (nSPS) is 10.3. The third-order valence-electron chi connectivity index (χ3n) is 2.13. The molecule has 78 valence electrons. The van der Waals surface area contributed by atoms with Crippen LogP contribution in [0.5, 0.6) is 0 Å². The number of benzene rings is 1. The van der Waals surface area contributed by atoms with Crippen LogP contribution in [0.2, 0.25) is 0 Å². The van der Waals surface area contributed by atoms with Crippen molar-refractivity contribution >= 4 is 5.69 Å². The van der Waals surface area contributed by atoms with Crippen molar-refractivity contribution in [3.05, 3.63) is 36.2 Å². The lowest BCUT2D eigenvalue weighted by molar-refractivity contribution is 0.573. The largest absolute Gasteiger partial charge is 0.444 e. The molecular formula is C12H14N2O. The lowest BCUT2D eigenvalue weighted by Crippen LogP contribution is -1.95. The fourth-order valence-electron chi connectivity index (χ4n) is 1.42. The second kappa shape index (κ2) is 4.17. The number of aryl methyl sites for hydroxylation is 1. The number of hydrogen-bond acceptors (Lipinski definition) is 3. The number of anilines is 1. The van der Waals surface area contributed by atoms with Crippen molar-refractivity contribution in [2.45, 2.75) is 13.8 Å². The van der Waals surface area contributed by atoms with Crippen LogP contribution in [-0.4, -0.2) is 11.5 Å². The van der Waals surface area contributed by atoms with Crippen LogP contribution in [0.1, 0.15) is 12.6 Å². The van der Waals surface area contributed by atoms with E-state index in [1.807, 2.05) is 31.2 Å². The molecule has 0 atom stereocenters. The first-order valence-electron chi connectivity index (χ1n) is 5.06. The summed E-state index contributed by atoms with van der Waals surface area (Å²) in [4.78, 5) is 4.27. The van der Waals surface area contributed by atoms with Gasteiger partial charge in [-0.05, 0) is 38.1 Å². The van der Waals surface area contributed by atoms with E-state index in [9.17, 15) is 0 Å². The van der Waals surface area contributed by atoms with Crippen LogP contribution in [0.15, 0.2) is 34.9 Å². The summed E-state index contributed by atoms with van der Waals surface area (Å²) < 4.78 is 5.32. The lowest BCUT2D eigenvalue weighted by Gasteiger charge is -2.02. The van der Waals surface area contributed by atoms with E-state index < -0.39 is 0 Å². The summed E-state index contributed by atoms with van der Waals surface area (Å²) >= 11 is 0. The predicted molar refractivity (Wildman–Crippen MR) is 60.8 cm³/mol. The van der Waals surface area contributed by atoms with Gasteiger partial charge in [0.15, 0.2) is 0 Å². The van der Waals surface area contributed by atoms with Crippen molar-refractivity contribution in [1.29, 1.82) is 0 Å². The molecule has 0 aliphatic carbocycles. The number of hydrogen-bond donors (Lipinski definition) is 1. The zero-order valence-electron chi connectivity index (χ0n) is 8.95. The van der Waals surface area contributed by atoms with Gasteiger partial charge in [0, 0.05) is 17.8 Å². The van der Waals surface area contributed by atoms with Gasteiger partial charge < -0.3 is 9.73 Å². The van der Waals surface area contributed by atoms with Gasteiger partial charge in [-0.15, -0.1) is 0 Å². The van der Waals surface area contributed by atoms with Crippen molar-refractivity contribution in [3.8, 4) is 11.5 Å². The van der Waals surface area contributed by atoms with Crippen molar-refractivity contribution in [2.75, 3.05) is 11.9 Å². The highest BCUT2D eigenvalue weighted by molar-refractivity contribution is 5.58. The Bertz CT molecular complexity index is 431. The second-order valence-corrected chi connectivity index (χ2v) is 3.40. The average molecular weight is 202 g/mol. The van der Waals surface area contributed by atoms with Gasteiger partial charge in [0.1, 0.15) is 6.26 Å². The van der Waals surface area contributed by atoms with Crippen molar-refractivity contribution < 1.29 is 4.42 Å². The van der Waals surface area contributed by atoms with Crippen LogP contribution in [0, 0.1) is 6.92 Å². The van der Waals surface area contributed by atoms with E-state index in [1.54, 1.807) is 6.26 Å². The molecule has 0 spiro atoms. The standard InChI is InChI=1S/C12H14N2O/c1-3-13-11-6-4-10(5-7-11)12-14-9(2)8-15-12/h4-8,13H,3H2,1-2H3. The first kappa shape index (κ1) is 9.77. The van der Waals surface area contributed by atoms with Crippen LogP contribution < -0.4 is 5.32 Å². The minimum atomic E-state index is 0.676. The zero-order chi connectivity index (χ0) is 10.7. The molecule has 0 amide bonds. The minimum absolute atomic E-state index is 0.676. The maximum atomic E-state index is 5.32. The summed E-state index contributed by atoms with van der Waals surface area (Å²) in [5, 5.41) is 3.24. The van der Waals surface area contributed by atoms with Crippen LogP contribution in [0.25, 0.3) is 11.5 Å². The van der Waals surface area contributed by atoms with Gasteiger partial charge in [-0.3, -0.25) is 0 Å². The molecule has 0 bridgehead atoms. The van der Waals surface area contributed by atoms with Gasteiger partial charge in [-0.25, -0.2) is 4.98 Å². The molecule has 1 heterocycles. The quantitative estimate of drug-likeness (QED) is 0.831. The van der Waals surface area contributed by atoms with Gasteiger partial charge in [-0.2, -0.15) is 0 Å². The molecule has 1 N–H and O–H groups in total. The molecule has 0 aliphatic heterocycles. The third-order valence-corrected chi connectivity index (χ3v) is 2.13. The Morgan fingerprint density at radius 2 is 2.00 bits per heavy atom. The minimum Gasteiger partial charge on any atom is -0.444 e. The Hall–Kier alpha value is -1.77. The summed E-state index contributed by atoms with van der Waals surface area (Å²) in [6.07, 6.45) is 1.66. The second-order valence-electron chi connectivity index (χ2n) is 3.40. The molecule has 15 heavy (non-hydrogen) atoms.